The van der Waals surface area contributed by atoms with E-state index in [1.807, 2.05) is 12.1 Å². The highest BCUT2D eigenvalue weighted by molar-refractivity contribution is 7.88. The maximum Gasteiger partial charge on any atom is 0.315 e. The van der Waals surface area contributed by atoms with E-state index < -0.39 is 10.0 Å². The smallest absolute Gasteiger partial charge is 0.315 e. The Balaban J connectivity index is 1.72. The highest BCUT2D eigenvalue weighted by atomic mass is 32.2. The molecule has 21 heavy (non-hydrogen) atoms. The van der Waals surface area contributed by atoms with Crippen LogP contribution in [0.2, 0.25) is 0 Å². The van der Waals surface area contributed by atoms with Gasteiger partial charge in [0.25, 0.3) is 0 Å². The average molecular weight is 312 g/mol. The van der Waals surface area contributed by atoms with Crippen molar-refractivity contribution in [3.63, 3.8) is 0 Å². The lowest BCUT2D eigenvalue weighted by Gasteiger charge is -2.30. The molecule has 0 radical (unpaired) electrons. The van der Waals surface area contributed by atoms with Crippen LogP contribution in [-0.4, -0.2) is 49.1 Å². The normalized spacial score (nSPS) is 17.4. The maximum absolute atomic E-state index is 11.8. The largest absolute Gasteiger partial charge is 0.335 e. The van der Waals surface area contributed by atoms with E-state index in [0.717, 1.165) is 5.56 Å². The van der Waals surface area contributed by atoms with Gasteiger partial charge in [0.1, 0.15) is 0 Å². The number of carbonyl (C=O) groups excluding carboxylic acids is 1. The lowest BCUT2D eigenvalue weighted by atomic mass is 10.1. The van der Waals surface area contributed by atoms with Crippen LogP contribution in [0.15, 0.2) is 24.5 Å². The van der Waals surface area contributed by atoms with Crippen molar-refractivity contribution in [2.45, 2.75) is 25.4 Å². The van der Waals surface area contributed by atoms with Crippen LogP contribution in [0.25, 0.3) is 0 Å². The van der Waals surface area contributed by atoms with Crippen LogP contribution in [0.1, 0.15) is 18.4 Å². The van der Waals surface area contributed by atoms with Gasteiger partial charge in [-0.3, -0.25) is 4.98 Å². The third kappa shape index (κ3) is 4.98. The van der Waals surface area contributed by atoms with E-state index in [-0.39, 0.29) is 12.1 Å². The predicted molar refractivity (Wildman–Crippen MR) is 79.0 cm³/mol. The fourth-order valence-corrected chi connectivity index (χ4v) is 3.13. The van der Waals surface area contributed by atoms with Crippen molar-refractivity contribution in [3.05, 3.63) is 30.1 Å². The predicted octanol–water partition coefficient (Wildman–Crippen LogP) is 0.305. The van der Waals surface area contributed by atoms with Gasteiger partial charge >= 0.3 is 6.03 Å². The summed E-state index contributed by atoms with van der Waals surface area (Å²) >= 11 is 0. The Morgan fingerprint density at radius 2 is 1.95 bits per heavy atom. The van der Waals surface area contributed by atoms with Gasteiger partial charge in [0, 0.05) is 38.1 Å². The Kier molecular flexibility index (Phi) is 5.13. The molecule has 2 heterocycles. The lowest BCUT2D eigenvalue weighted by molar-refractivity contribution is 0.227. The molecule has 2 N–H and O–H groups in total. The molecular formula is C13H20N4O3S. The standard InChI is InChI=1S/C13H20N4O3S/c1-21(19,20)17-8-4-12(5-9-17)16-13(18)15-10-11-2-6-14-7-3-11/h2-3,6-7,12H,4-5,8-10H2,1H3,(H2,15,16,18). The number of hydrogen-bond donors (Lipinski definition) is 2. The molecule has 0 atom stereocenters. The Labute approximate surface area is 124 Å². The van der Waals surface area contributed by atoms with E-state index in [2.05, 4.69) is 15.6 Å². The molecular weight excluding hydrogens is 292 g/mol. The number of piperidine rings is 1. The zero-order valence-electron chi connectivity index (χ0n) is 11.9. The molecule has 1 aliphatic rings. The third-order valence-corrected chi connectivity index (χ3v) is 4.76. The third-order valence-electron chi connectivity index (χ3n) is 3.46. The van der Waals surface area contributed by atoms with Crippen LogP contribution in [0.3, 0.4) is 0 Å². The van der Waals surface area contributed by atoms with Crippen molar-refractivity contribution >= 4 is 16.1 Å². The highest BCUT2D eigenvalue weighted by Gasteiger charge is 2.25. The summed E-state index contributed by atoms with van der Waals surface area (Å²) in [5.41, 5.74) is 0.979. The number of hydrogen-bond acceptors (Lipinski definition) is 4. The van der Waals surface area contributed by atoms with E-state index in [4.69, 9.17) is 0 Å². The van der Waals surface area contributed by atoms with Gasteiger partial charge < -0.3 is 10.6 Å². The summed E-state index contributed by atoms with van der Waals surface area (Å²) in [6, 6.07) is 3.46. The van der Waals surface area contributed by atoms with Crippen LogP contribution in [0, 0.1) is 0 Å². The van der Waals surface area contributed by atoms with Crippen molar-refractivity contribution in [2.75, 3.05) is 19.3 Å². The average Bonchev–Trinajstić information content (AvgIpc) is 2.46. The number of nitrogens with zero attached hydrogens (tertiary/aromatic N) is 2. The van der Waals surface area contributed by atoms with Gasteiger partial charge in [0.15, 0.2) is 0 Å². The molecule has 0 unspecified atom stereocenters. The number of carbonyl (C=O) groups is 1. The Morgan fingerprint density at radius 3 is 2.52 bits per heavy atom. The zero-order valence-corrected chi connectivity index (χ0v) is 12.8. The van der Waals surface area contributed by atoms with E-state index in [0.29, 0.717) is 32.5 Å². The summed E-state index contributed by atoms with van der Waals surface area (Å²) in [5.74, 6) is 0. The fourth-order valence-electron chi connectivity index (χ4n) is 2.25. The monoisotopic (exact) mass is 312 g/mol. The summed E-state index contributed by atoms with van der Waals surface area (Å²) in [7, 11) is -3.12. The molecule has 0 spiro atoms. The SMILES string of the molecule is CS(=O)(=O)N1CCC(NC(=O)NCc2ccncc2)CC1. The highest BCUT2D eigenvalue weighted by Crippen LogP contribution is 2.12. The van der Waals surface area contributed by atoms with Crippen LogP contribution in [0.4, 0.5) is 4.79 Å². The second-order valence-corrected chi connectivity index (χ2v) is 7.10. The van der Waals surface area contributed by atoms with Crippen molar-refractivity contribution in [1.29, 1.82) is 0 Å². The minimum absolute atomic E-state index is 0.0143. The van der Waals surface area contributed by atoms with Crippen molar-refractivity contribution in [1.82, 2.24) is 19.9 Å². The first-order valence-corrected chi connectivity index (χ1v) is 8.68. The summed E-state index contributed by atoms with van der Waals surface area (Å²) in [4.78, 5) is 15.7. The number of nitrogens with one attached hydrogen (secondary N) is 2. The van der Waals surface area contributed by atoms with Crippen molar-refractivity contribution < 1.29 is 13.2 Å². The zero-order chi connectivity index (χ0) is 15.3. The Morgan fingerprint density at radius 1 is 1.33 bits per heavy atom. The number of amides is 2. The van der Waals surface area contributed by atoms with Gasteiger partial charge in [-0.05, 0) is 30.5 Å². The van der Waals surface area contributed by atoms with Crippen LogP contribution >= 0.6 is 0 Å². The number of pyridine rings is 1. The van der Waals surface area contributed by atoms with Crippen LogP contribution < -0.4 is 10.6 Å². The van der Waals surface area contributed by atoms with Crippen molar-refractivity contribution in [3.8, 4) is 0 Å². The minimum Gasteiger partial charge on any atom is -0.335 e. The molecule has 1 aliphatic heterocycles. The van der Waals surface area contributed by atoms with Crippen LogP contribution in [-0.2, 0) is 16.6 Å². The Hall–Kier alpha value is -1.67. The van der Waals surface area contributed by atoms with Gasteiger partial charge in [-0.15, -0.1) is 0 Å². The Bertz CT molecular complexity index is 568. The van der Waals surface area contributed by atoms with Gasteiger partial charge in [0.2, 0.25) is 10.0 Å². The summed E-state index contributed by atoms with van der Waals surface area (Å²) in [6.07, 6.45) is 5.83. The molecule has 1 aromatic heterocycles. The quantitative estimate of drug-likeness (QED) is 0.837. The number of urea groups is 1. The molecule has 2 rings (SSSR count). The molecule has 0 aromatic carbocycles. The molecule has 0 aliphatic carbocycles. The maximum atomic E-state index is 11.8. The molecule has 8 heteroatoms. The molecule has 116 valence electrons. The summed E-state index contributed by atoms with van der Waals surface area (Å²) in [6.45, 7) is 1.35. The van der Waals surface area contributed by atoms with Gasteiger partial charge in [-0.25, -0.2) is 17.5 Å². The second-order valence-electron chi connectivity index (χ2n) is 5.12. The molecule has 1 aromatic rings. The molecule has 2 amide bonds. The molecule has 1 fully saturated rings. The molecule has 7 nitrogen and oxygen atoms in total. The number of sulfonamides is 1. The van der Waals surface area contributed by atoms with E-state index in [9.17, 15) is 13.2 Å². The fraction of sp³-hybridized carbons (Fsp3) is 0.538. The first kappa shape index (κ1) is 15.7. The topological polar surface area (TPSA) is 91.4 Å². The second kappa shape index (κ2) is 6.86. The summed E-state index contributed by atoms with van der Waals surface area (Å²) in [5, 5.41) is 5.65. The first-order valence-electron chi connectivity index (χ1n) is 6.83. The van der Waals surface area contributed by atoms with Crippen molar-refractivity contribution in [2.24, 2.45) is 0 Å². The molecule has 0 bridgehead atoms. The van der Waals surface area contributed by atoms with E-state index >= 15 is 0 Å². The minimum atomic E-state index is -3.12. The first-order chi connectivity index (χ1) is 9.95. The molecule has 0 saturated carbocycles. The molecule has 1 saturated heterocycles. The van der Waals surface area contributed by atoms with Gasteiger partial charge in [0.05, 0.1) is 6.26 Å². The van der Waals surface area contributed by atoms with E-state index in [1.54, 1.807) is 12.4 Å². The number of aromatic nitrogens is 1. The van der Waals surface area contributed by atoms with E-state index in [1.165, 1.54) is 10.6 Å². The van der Waals surface area contributed by atoms with Crippen LogP contribution in [0.5, 0.6) is 0 Å². The lowest BCUT2D eigenvalue weighted by Crippen LogP contribution is -2.48. The number of rotatable bonds is 4. The van der Waals surface area contributed by atoms with Gasteiger partial charge in [-0.1, -0.05) is 0 Å². The summed E-state index contributed by atoms with van der Waals surface area (Å²) < 4.78 is 24.2. The van der Waals surface area contributed by atoms with Gasteiger partial charge in [-0.2, -0.15) is 0 Å².